The van der Waals surface area contributed by atoms with Gasteiger partial charge in [-0.05, 0) is 6.42 Å². The minimum absolute atomic E-state index is 0.0239. The minimum atomic E-state index is -1.04. The Kier molecular flexibility index (Phi) is 19.0. The van der Waals surface area contributed by atoms with Crippen molar-refractivity contribution in [3.63, 3.8) is 0 Å². The van der Waals surface area contributed by atoms with E-state index in [0.717, 1.165) is 19.3 Å². The number of carboxylic acids is 1. The monoisotopic (exact) mass is 400 g/mol. The van der Waals surface area contributed by atoms with Crippen LogP contribution in [0.1, 0.15) is 110 Å². The highest BCUT2D eigenvalue weighted by Crippen LogP contribution is 2.13. The number of carboxylic acid groups (broad SMARTS) is 1. The average molecular weight is 401 g/mol. The van der Waals surface area contributed by atoms with Gasteiger partial charge in [0.15, 0.2) is 0 Å². The average Bonchev–Trinajstić information content (AvgIpc) is 2.67. The van der Waals surface area contributed by atoms with Gasteiger partial charge in [0.2, 0.25) is 0 Å². The van der Waals surface area contributed by atoms with Crippen LogP contribution in [-0.4, -0.2) is 36.2 Å². The maximum atomic E-state index is 11.6. The van der Waals surface area contributed by atoms with Crippen molar-refractivity contribution >= 4 is 17.9 Å². The maximum absolute atomic E-state index is 11.6. The molecule has 0 spiro atoms. The van der Waals surface area contributed by atoms with Gasteiger partial charge in [-0.25, -0.2) is 0 Å². The quantitative estimate of drug-likeness (QED) is 0.217. The summed E-state index contributed by atoms with van der Waals surface area (Å²) in [5.74, 6) is -1.90. The molecule has 0 amide bonds. The first kappa shape index (κ1) is 26.4. The zero-order valence-corrected chi connectivity index (χ0v) is 17.7. The first-order valence-electron chi connectivity index (χ1n) is 11.1. The van der Waals surface area contributed by atoms with Gasteiger partial charge < -0.3 is 14.6 Å². The molecule has 28 heavy (non-hydrogen) atoms. The van der Waals surface area contributed by atoms with Crippen molar-refractivity contribution < 1.29 is 29.0 Å². The first-order chi connectivity index (χ1) is 13.6. The van der Waals surface area contributed by atoms with E-state index < -0.39 is 11.9 Å². The van der Waals surface area contributed by atoms with Crippen molar-refractivity contribution in [2.75, 3.05) is 13.2 Å². The number of ether oxygens (including phenoxy) is 2. The van der Waals surface area contributed by atoms with E-state index in [1.807, 2.05) is 0 Å². The van der Waals surface area contributed by atoms with E-state index in [9.17, 15) is 14.4 Å². The van der Waals surface area contributed by atoms with E-state index in [2.05, 4.69) is 6.92 Å². The molecule has 0 unspecified atom stereocenters. The fraction of sp³-hybridized carbons (Fsp3) is 0.864. The lowest BCUT2D eigenvalue weighted by molar-refractivity contribution is -0.153. The Morgan fingerprint density at radius 3 is 1.39 bits per heavy atom. The maximum Gasteiger partial charge on any atom is 0.306 e. The van der Waals surface area contributed by atoms with Gasteiger partial charge in [-0.1, -0.05) is 84.0 Å². The van der Waals surface area contributed by atoms with Gasteiger partial charge in [0.1, 0.15) is 13.2 Å². The molecule has 0 aliphatic heterocycles. The summed E-state index contributed by atoms with van der Waals surface area (Å²) >= 11 is 0. The standard InChI is InChI=1S/C22H40O6/c1-2-3-4-5-6-7-8-9-10-11-12-13-14-15-21(25)27-18-19-28-22(26)17-16-20(23)24/h2-19H2,1H3,(H,23,24). The smallest absolute Gasteiger partial charge is 0.306 e. The van der Waals surface area contributed by atoms with E-state index in [1.54, 1.807) is 0 Å². The molecule has 0 saturated carbocycles. The fourth-order valence-electron chi connectivity index (χ4n) is 2.95. The third-order valence-corrected chi connectivity index (χ3v) is 4.64. The molecule has 0 aliphatic carbocycles. The summed E-state index contributed by atoms with van der Waals surface area (Å²) in [5.41, 5.74) is 0. The molecule has 0 aromatic heterocycles. The van der Waals surface area contributed by atoms with Crippen LogP contribution in [0, 0.1) is 0 Å². The Morgan fingerprint density at radius 1 is 0.571 bits per heavy atom. The first-order valence-corrected chi connectivity index (χ1v) is 11.1. The number of esters is 2. The van der Waals surface area contributed by atoms with Crippen molar-refractivity contribution in [3.05, 3.63) is 0 Å². The van der Waals surface area contributed by atoms with Crippen molar-refractivity contribution in [1.82, 2.24) is 0 Å². The SMILES string of the molecule is CCCCCCCCCCCCCCCC(=O)OCCOC(=O)CCC(=O)O. The lowest BCUT2D eigenvalue weighted by Crippen LogP contribution is -2.14. The summed E-state index contributed by atoms with van der Waals surface area (Å²) in [6.07, 6.45) is 16.4. The summed E-state index contributed by atoms with van der Waals surface area (Å²) in [6.45, 7) is 2.25. The van der Waals surface area contributed by atoms with Crippen LogP contribution >= 0.6 is 0 Å². The number of aliphatic carboxylic acids is 1. The summed E-state index contributed by atoms with van der Waals surface area (Å²) in [6, 6.07) is 0. The molecule has 0 radical (unpaired) electrons. The Bertz CT molecular complexity index is 408. The van der Waals surface area contributed by atoms with Gasteiger partial charge in [-0.2, -0.15) is 0 Å². The molecule has 0 aromatic carbocycles. The van der Waals surface area contributed by atoms with E-state index in [0.29, 0.717) is 6.42 Å². The van der Waals surface area contributed by atoms with E-state index in [1.165, 1.54) is 64.2 Å². The van der Waals surface area contributed by atoms with Gasteiger partial charge in [-0.15, -0.1) is 0 Å². The highest BCUT2D eigenvalue weighted by molar-refractivity contribution is 5.76. The van der Waals surface area contributed by atoms with E-state index in [4.69, 9.17) is 14.6 Å². The molecule has 0 saturated heterocycles. The predicted molar refractivity (Wildman–Crippen MR) is 109 cm³/mol. The van der Waals surface area contributed by atoms with Crippen LogP contribution in [0.3, 0.4) is 0 Å². The van der Waals surface area contributed by atoms with Crippen LogP contribution in [-0.2, 0) is 23.9 Å². The summed E-state index contributed by atoms with van der Waals surface area (Å²) < 4.78 is 9.78. The van der Waals surface area contributed by atoms with E-state index >= 15 is 0 Å². The zero-order valence-electron chi connectivity index (χ0n) is 17.7. The van der Waals surface area contributed by atoms with Crippen LogP contribution in [0.15, 0.2) is 0 Å². The molecule has 0 aromatic rings. The Hall–Kier alpha value is -1.59. The third kappa shape index (κ3) is 20.7. The molecule has 0 atom stereocenters. The molecule has 0 heterocycles. The van der Waals surface area contributed by atoms with Crippen LogP contribution in [0.2, 0.25) is 0 Å². The second kappa shape index (κ2) is 20.2. The van der Waals surface area contributed by atoms with Gasteiger partial charge >= 0.3 is 17.9 Å². The van der Waals surface area contributed by atoms with Crippen LogP contribution in [0.25, 0.3) is 0 Å². The molecule has 0 aliphatic rings. The predicted octanol–water partition coefficient (Wildman–Crippen LogP) is 5.42. The molecule has 0 bridgehead atoms. The fourth-order valence-corrected chi connectivity index (χ4v) is 2.95. The second-order valence-electron chi connectivity index (χ2n) is 7.33. The zero-order chi connectivity index (χ0) is 20.9. The number of hydrogen-bond donors (Lipinski definition) is 1. The van der Waals surface area contributed by atoms with Gasteiger partial charge in [-0.3, -0.25) is 14.4 Å². The minimum Gasteiger partial charge on any atom is -0.481 e. The second-order valence-corrected chi connectivity index (χ2v) is 7.33. The van der Waals surface area contributed by atoms with Crippen molar-refractivity contribution in [3.8, 4) is 0 Å². The van der Waals surface area contributed by atoms with Crippen molar-refractivity contribution in [2.24, 2.45) is 0 Å². The molecule has 6 nitrogen and oxygen atoms in total. The van der Waals surface area contributed by atoms with Gasteiger partial charge in [0.25, 0.3) is 0 Å². The van der Waals surface area contributed by atoms with Crippen molar-refractivity contribution in [2.45, 2.75) is 110 Å². The van der Waals surface area contributed by atoms with Crippen LogP contribution in [0.5, 0.6) is 0 Å². The molecule has 164 valence electrons. The molecule has 0 rings (SSSR count). The number of carbonyl (C=O) groups is 3. The lowest BCUT2D eigenvalue weighted by Gasteiger charge is -2.06. The molecule has 0 fully saturated rings. The number of carbonyl (C=O) groups excluding carboxylic acids is 2. The Morgan fingerprint density at radius 2 is 0.964 bits per heavy atom. The molecule has 1 N–H and O–H groups in total. The molecular weight excluding hydrogens is 360 g/mol. The Balaban J connectivity index is 3.27. The topological polar surface area (TPSA) is 89.9 Å². The van der Waals surface area contributed by atoms with Crippen LogP contribution in [0.4, 0.5) is 0 Å². The highest BCUT2D eigenvalue weighted by atomic mass is 16.6. The third-order valence-electron chi connectivity index (χ3n) is 4.64. The van der Waals surface area contributed by atoms with Crippen LogP contribution < -0.4 is 0 Å². The molecular formula is C22H40O6. The largest absolute Gasteiger partial charge is 0.481 e. The number of hydrogen-bond acceptors (Lipinski definition) is 5. The van der Waals surface area contributed by atoms with E-state index in [-0.39, 0.29) is 32.0 Å². The molecule has 6 heteroatoms. The van der Waals surface area contributed by atoms with Gasteiger partial charge in [0, 0.05) is 6.42 Å². The number of unbranched alkanes of at least 4 members (excludes halogenated alkanes) is 12. The number of rotatable bonds is 20. The Labute approximate surface area is 170 Å². The highest BCUT2D eigenvalue weighted by Gasteiger charge is 2.07. The normalized spacial score (nSPS) is 10.6. The lowest BCUT2D eigenvalue weighted by atomic mass is 10.0. The van der Waals surface area contributed by atoms with Crippen molar-refractivity contribution in [1.29, 1.82) is 0 Å². The summed E-state index contributed by atoms with van der Waals surface area (Å²) in [5, 5.41) is 8.45. The summed E-state index contributed by atoms with van der Waals surface area (Å²) in [7, 11) is 0. The van der Waals surface area contributed by atoms with Gasteiger partial charge in [0.05, 0.1) is 12.8 Å². The summed E-state index contributed by atoms with van der Waals surface area (Å²) in [4.78, 5) is 33.1.